The molecule has 152 valence electrons. The van der Waals surface area contributed by atoms with Gasteiger partial charge in [0.25, 0.3) is 0 Å². The van der Waals surface area contributed by atoms with Crippen molar-refractivity contribution in [2.75, 3.05) is 12.4 Å². The van der Waals surface area contributed by atoms with Crippen LogP contribution in [0, 0.1) is 5.82 Å². The molecule has 0 aromatic carbocycles. The molecule has 0 saturated heterocycles. The molecule has 4 rings (SSSR count). The molecule has 0 aliphatic rings. The number of hydrogen-bond donors (Lipinski definition) is 1. The van der Waals surface area contributed by atoms with E-state index in [9.17, 15) is 9.18 Å². The Balaban J connectivity index is 1.87. The monoisotopic (exact) mass is 406 g/mol. The molecule has 0 aliphatic heterocycles. The second-order valence-electron chi connectivity index (χ2n) is 6.56. The number of nitrogens with one attached hydrogen (secondary N) is 1. The summed E-state index contributed by atoms with van der Waals surface area (Å²) in [5.74, 6) is 0.528. The maximum Gasteiger partial charge on any atom is 0.213 e. The van der Waals surface area contributed by atoms with Crippen molar-refractivity contribution in [3.63, 3.8) is 0 Å². The van der Waals surface area contributed by atoms with E-state index in [-0.39, 0.29) is 11.5 Å². The van der Waals surface area contributed by atoms with Gasteiger partial charge in [-0.15, -0.1) is 5.10 Å². The average molecular weight is 406 g/mol. The molecule has 0 radical (unpaired) electrons. The summed E-state index contributed by atoms with van der Waals surface area (Å²) in [6, 6.07) is 8.43. The number of hydrogen-bond acceptors (Lipinski definition) is 7. The summed E-state index contributed by atoms with van der Waals surface area (Å²) < 4.78 is 20.9. The lowest BCUT2D eigenvalue weighted by Crippen LogP contribution is -2.05. The van der Waals surface area contributed by atoms with E-state index in [1.54, 1.807) is 35.0 Å². The van der Waals surface area contributed by atoms with Crippen molar-refractivity contribution in [3.8, 4) is 17.4 Å². The number of aromatic nitrogens is 5. The van der Waals surface area contributed by atoms with Gasteiger partial charge in [0.05, 0.1) is 19.0 Å². The molecule has 0 bridgehead atoms. The van der Waals surface area contributed by atoms with Gasteiger partial charge in [-0.05, 0) is 24.6 Å². The SMILES string of the molecule is CCCC(=O)c1cc2c(Nc3ccncc3F)nc(-c3cccc(OC)n3)nn2c1. The minimum atomic E-state index is -0.524. The van der Waals surface area contributed by atoms with E-state index < -0.39 is 5.82 Å². The lowest BCUT2D eigenvalue weighted by Gasteiger charge is -2.10. The third kappa shape index (κ3) is 3.82. The van der Waals surface area contributed by atoms with E-state index in [1.165, 1.54) is 19.4 Å². The highest BCUT2D eigenvalue weighted by molar-refractivity contribution is 5.98. The molecule has 0 spiro atoms. The van der Waals surface area contributed by atoms with Crippen molar-refractivity contribution in [2.45, 2.75) is 19.8 Å². The van der Waals surface area contributed by atoms with Gasteiger partial charge in [0, 0.05) is 30.4 Å². The molecule has 0 amide bonds. The summed E-state index contributed by atoms with van der Waals surface area (Å²) in [7, 11) is 1.52. The Morgan fingerprint density at radius 1 is 1.27 bits per heavy atom. The molecule has 30 heavy (non-hydrogen) atoms. The number of nitrogens with zero attached hydrogens (tertiary/aromatic N) is 5. The van der Waals surface area contributed by atoms with Crippen LogP contribution in [-0.2, 0) is 0 Å². The van der Waals surface area contributed by atoms with Crippen molar-refractivity contribution in [1.29, 1.82) is 0 Å². The van der Waals surface area contributed by atoms with Crippen molar-refractivity contribution in [3.05, 3.63) is 60.3 Å². The Kier molecular flexibility index (Phi) is 5.34. The van der Waals surface area contributed by atoms with Crippen LogP contribution in [0.2, 0.25) is 0 Å². The molecule has 9 heteroatoms. The van der Waals surface area contributed by atoms with Crippen LogP contribution in [0.4, 0.5) is 15.9 Å². The van der Waals surface area contributed by atoms with Gasteiger partial charge in [0.2, 0.25) is 11.7 Å². The fourth-order valence-electron chi connectivity index (χ4n) is 2.98. The van der Waals surface area contributed by atoms with Gasteiger partial charge >= 0.3 is 0 Å². The van der Waals surface area contributed by atoms with Gasteiger partial charge in [0.15, 0.2) is 17.4 Å². The van der Waals surface area contributed by atoms with Gasteiger partial charge in [-0.3, -0.25) is 9.78 Å². The molecular formula is C21H19FN6O2. The maximum atomic E-state index is 14.2. The van der Waals surface area contributed by atoms with Crippen molar-refractivity contribution in [1.82, 2.24) is 24.6 Å². The smallest absolute Gasteiger partial charge is 0.213 e. The predicted octanol–water partition coefficient (Wildman–Crippen LogP) is 4.06. The average Bonchev–Trinajstić information content (AvgIpc) is 3.20. The Hall–Kier alpha value is -3.88. The van der Waals surface area contributed by atoms with Gasteiger partial charge < -0.3 is 10.1 Å². The first kappa shape index (κ1) is 19.4. The quantitative estimate of drug-likeness (QED) is 0.463. The third-order valence-electron chi connectivity index (χ3n) is 4.45. The number of ketones is 1. The van der Waals surface area contributed by atoms with Crippen LogP contribution >= 0.6 is 0 Å². The van der Waals surface area contributed by atoms with E-state index >= 15 is 0 Å². The second-order valence-corrected chi connectivity index (χ2v) is 6.56. The molecule has 0 unspecified atom stereocenters. The van der Waals surface area contributed by atoms with E-state index in [0.717, 1.165) is 12.6 Å². The van der Waals surface area contributed by atoms with Crippen LogP contribution < -0.4 is 10.1 Å². The molecule has 0 atom stereocenters. The fraction of sp³-hybridized carbons (Fsp3) is 0.190. The predicted molar refractivity (Wildman–Crippen MR) is 109 cm³/mol. The molecule has 0 saturated carbocycles. The van der Waals surface area contributed by atoms with Gasteiger partial charge in [-0.25, -0.2) is 18.9 Å². The zero-order chi connectivity index (χ0) is 21.1. The number of methoxy groups -OCH3 is 1. The maximum absolute atomic E-state index is 14.2. The lowest BCUT2D eigenvalue weighted by molar-refractivity contribution is 0.0982. The van der Waals surface area contributed by atoms with Crippen LogP contribution in [0.25, 0.3) is 17.0 Å². The zero-order valence-corrected chi connectivity index (χ0v) is 16.5. The van der Waals surface area contributed by atoms with Gasteiger partial charge in [0.1, 0.15) is 11.2 Å². The van der Waals surface area contributed by atoms with Crippen LogP contribution in [-0.4, -0.2) is 37.5 Å². The topological polar surface area (TPSA) is 94.3 Å². The highest BCUT2D eigenvalue weighted by Crippen LogP contribution is 2.26. The Morgan fingerprint density at radius 3 is 2.90 bits per heavy atom. The van der Waals surface area contributed by atoms with Crippen LogP contribution in [0.1, 0.15) is 30.1 Å². The summed E-state index contributed by atoms with van der Waals surface area (Å²) >= 11 is 0. The van der Waals surface area contributed by atoms with Crippen LogP contribution in [0.5, 0.6) is 5.88 Å². The van der Waals surface area contributed by atoms with Crippen molar-refractivity contribution in [2.24, 2.45) is 0 Å². The largest absolute Gasteiger partial charge is 0.481 e. The molecule has 4 heterocycles. The van der Waals surface area contributed by atoms with Crippen molar-refractivity contribution < 1.29 is 13.9 Å². The molecular weight excluding hydrogens is 387 g/mol. The summed E-state index contributed by atoms with van der Waals surface area (Å²) in [6.45, 7) is 1.94. The number of anilines is 2. The van der Waals surface area contributed by atoms with Gasteiger partial charge in [-0.2, -0.15) is 0 Å². The van der Waals surface area contributed by atoms with E-state index in [1.807, 2.05) is 6.92 Å². The lowest BCUT2D eigenvalue weighted by atomic mass is 10.1. The van der Waals surface area contributed by atoms with E-state index in [2.05, 4.69) is 25.4 Å². The zero-order valence-electron chi connectivity index (χ0n) is 16.5. The normalized spacial score (nSPS) is 10.9. The first-order valence-corrected chi connectivity index (χ1v) is 9.40. The number of rotatable bonds is 7. The first-order valence-electron chi connectivity index (χ1n) is 9.40. The number of Topliss-reactive ketones (excluding diaryl/α,β-unsaturated/α-hetero) is 1. The number of halogens is 1. The minimum Gasteiger partial charge on any atom is -0.481 e. The van der Waals surface area contributed by atoms with E-state index in [4.69, 9.17) is 4.74 Å². The van der Waals surface area contributed by atoms with E-state index in [0.29, 0.717) is 40.7 Å². The van der Waals surface area contributed by atoms with Crippen LogP contribution in [0.3, 0.4) is 0 Å². The summed E-state index contributed by atoms with van der Waals surface area (Å²) in [5.41, 5.74) is 1.74. The highest BCUT2D eigenvalue weighted by Gasteiger charge is 2.17. The second kappa shape index (κ2) is 8.24. The summed E-state index contributed by atoms with van der Waals surface area (Å²) in [5, 5.41) is 7.48. The molecule has 4 aromatic rings. The molecule has 8 nitrogen and oxygen atoms in total. The third-order valence-corrected chi connectivity index (χ3v) is 4.45. The first-order chi connectivity index (χ1) is 14.6. The standard InChI is InChI=1S/C21H19FN6O2/c1-3-5-18(29)13-10-17-21(25-15-8-9-23-11-14(15)22)26-20(27-28(17)12-13)16-6-4-7-19(24-16)30-2/h4,6-12H,3,5H2,1-2H3,(H,23,25,26,27). The molecule has 1 N–H and O–H groups in total. The number of fused-ring (bicyclic) bond motifs is 1. The fourth-order valence-corrected chi connectivity index (χ4v) is 2.98. The summed E-state index contributed by atoms with van der Waals surface area (Å²) in [4.78, 5) is 25.1. The Labute approximate surface area is 171 Å². The number of pyridine rings is 2. The summed E-state index contributed by atoms with van der Waals surface area (Å²) in [6.07, 6.45) is 5.40. The number of ether oxygens (including phenoxy) is 1. The number of carbonyl (C=O) groups is 1. The number of carbonyl (C=O) groups excluding carboxylic acids is 1. The molecule has 0 fully saturated rings. The molecule has 0 aliphatic carbocycles. The molecule has 4 aromatic heterocycles. The Morgan fingerprint density at radius 2 is 2.13 bits per heavy atom. The minimum absolute atomic E-state index is 0.00472. The highest BCUT2D eigenvalue weighted by atomic mass is 19.1. The Bertz CT molecular complexity index is 1220. The van der Waals surface area contributed by atoms with Crippen LogP contribution in [0.15, 0.2) is 48.9 Å². The van der Waals surface area contributed by atoms with Gasteiger partial charge in [-0.1, -0.05) is 13.0 Å². The van der Waals surface area contributed by atoms with Crippen molar-refractivity contribution >= 4 is 22.8 Å².